The van der Waals surface area contributed by atoms with Crippen molar-refractivity contribution in [2.75, 3.05) is 6.54 Å². The minimum atomic E-state index is -0.575. The Balaban J connectivity index is 1.84. The molecule has 1 aliphatic rings. The van der Waals surface area contributed by atoms with Gasteiger partial charge < -0.3 is 10.4 Å². The highest BCUT2D eigenvalue weighted by molar-refractivity contribution is 6.35. The number of rotatable bonds is 4. The molecule has 1 saturated carbocycles. The number of nitrogens with one attached hydrogen (secondary N) is 1. The third-order valence-electron chi connectivity index (χ3n) is 4.32. The minimum Gasteiger partial charge on any atom is -0.389 e. The van der Waals surface area contributed by atoms with Gasteiger partial charge in [-0.15, -0.1) is 0 Å². The number of hydrogen-bond acceptors (Lipinski definition) is 2. The summed E-state index contributed by atoms with van der Waals surface area (Å²) in [5, 5.41) is 15.2. The average Bonchev–Trinajstić information content (AvgIpc) is 2.37. The van der Waals surface area contributed by atoms with E-state index in [0.717, 1.165) is 31.2 Å². The molecule has 0 heterocycles. The van der Waals surface area contributed by atoms with Crippen LogP contribution in [0.3, 0.4) is 0 Å². The lowest BCUT2D eigenvalue weighted by Crippen LogP contribution is -2.44. The minimum absolute atomic E-state index is 0.367. The van der Waals surface area contributed by atoms with Gasteiger partial charge >= 0.3 is 0 Å². The summed E-state index contributed by atoms with van der Waals surface area (Å²) >= 11 is 12.0. The van der Waals surface area contributed by atoms with Crippen LogP contribution in [-0.2, 0) is 6.54 Å². The summed E-state index contributed by atoms with van der Waals surface area (Å²) in [4.78, 5) is 0. The van der Waals surface area contributed by atoms with Crippen LogP contribution in [0.2, 0.25) is 10.0 Å². The maximum Gasteiger partial charge on any atom is 0.0772 e. The van der Waals surface area contributed by atoms with Crippen LogP contribution in [-0.4, -0.2) is 17.3 Å². The van der Waals surface area contributed by atoms with Crippen molar-refractivity contribution in [3.05, 3.63) is 33.8 Å². The van der Waals surface area contributed by atoms with E-state index in [0.29, 0.717) is 28.5 Å². The van der Waals surface area contributed by atoms with Crippen LogP contribution in [0.15, 0.2) is 18.2 Å². The fraction of sp³-hybridized carbons (Fsp3) is 0.625. The Morgan fingerprint density at radius 3 is 2.40 bits per heavy atom. The normalized spacial score (nSPS) is 20.9. The lowest BCUT2D eigenvalue weighted by Gasteiger charge is -2.40. The lowest BCUT2D eigenvalue weighted by molar-refractivity contribution is -0.0245. The standard InChI is InChI=1S/C16H23Cl2NO/c1-15(2)5-7-16(20,8-6-15)11-19-10-12-3-4-13(17)9-14(12)18/h3-4,9,19-20H,5-8,10-11H2,1-2H3. The summed E-state index contributed by atoms with van der Waals surface area (Å²) in [6, 6.07) is 5.51. The van der Waals surface area contributed by atoms with Gasteiger partial charge in [0.05, 0.1) is 5.60 Å². The fourth-order valence-electron chi connectivity index (χ4n) is 2.66. The van der Waals surface area contributed by atoms with Gasteiger partial charge in [-0.05, 0) is 48.8 Å². The number of hydrogen-bond donors (Lipinski definition) is 2. The van der Waals surface area contributed by atoms with E-state index in [2.05, 4.69) is 19.2 Å². The summed E-state index contributed by atoms with van der Waals surface area (Å²) < 4.78 is 0. The van der Waals surface area contributed by atoms with E-state index in [1.165, 1.54) is 0 Å². The Labute approximate surface area is 131 Å². The summed E-state index contributed by atoms with van der Waals surface area (Å²) in [7, 11) is 0. The van der Waals surface area contributed by atoms with Gasteiger partial charge in [0.15, 0.2) is 0 Å². The Hall–Kier alpha value is -0.280. The van der Waals surface area contributed by atoms with Gasteiger partial charge in [0, 0.05) is 23.1 Å². The molecule has 1 fully saturated rings. The average molecular weight is 316 g/mol. The molecule has 2 rings (SSSR count). The molecule has 0 amide bonds. The molecule has 20 heavy (non-hydrogen) atoms. The first-order chi connectivity index (χ1) is 9.30. The molecule has 1 aromatic carbocycles. The maximum absolute atomic E-state index is 10.6. The first kappa shape index (κ1) is 16.1. The van der Waals surface area contributed by atoms with Crippen molar-refractivity contribution in [3.8, 4) is 0 Å². The van der Waals surface area contributed by atoms with Crippen molar-refractivity contribution in [2.45, 2.75) is 51.7 Å². The summed E-state index contributed by atoms with van der Waals surface area (Å²) in [5.41, 5.74) is 0.802. The van der Waals surface area contributed by atoms with Gasteiger partial charge in [-0.1, -0.05) is 43.1 Å². The zero-order valence-corrected chi connectivity index (χ0v) is 13.7. The molecular weight excluding hydrogens is 293 g/mol. The van der Waals surface area contributed by atoms with Crippen molar-refractivity contribution in [3.63, 3.8) is 0 Å². The molecule has 0 saturated heterocycles. The van der Waals surface area contributed by atoms with Gasteiger partial charge in [0.25, 0.3) is 0 Å². The van der Waals surface area contributed by atoms with Crippen molar-refractivity contribution < 1.29 is 5.11 Å². The van der Waals surface area contributed by atoms with E-state index >= 15 is 0 Å². The van der Waals surface area contributed by atoms with E-state index < -0.39 is 5.60 Å². The lowest BCUT2D eigenvalue weighted by atomic mass is 9.71. The molecule has 4 heteroatoms. The second kappa shape index (κ2) is 6.23. The molecule has 0 radical (unpaired) electrons. The second-order valence-corrected chi connectivity index (χ2v) is 7.57. The van der Waals surface area contributed by atoms with Gasteiger partial charge in [-0.3, -0.25) is 0 Å². The smallest absolute Gasteiger partial charge is 0.0772 e. The van der Waals surface area contributed by atoms with Crippen molar-refractivity contribution in [2.24, 2.45) is 5.41 Å². The van der Waals surface area contributed by atoms with E-state index in [9.17, 15) is 5.11 Å². The van der Waals surface area contributed by atoms with Crippen LogP contribution in [0.25, 0.3) is 0 Å². The van der Waals surface area contributed by atoms with Crippen molar-refractivity contribution in [1.29, 1.82) is 0 Å². The molecule has 0 aromatic heterocycles. The topological polar surface area (TPSA) is 32.3 Å². The first-order valence-corrected chi connectivity index (χ1v) is 7.92. The van der Waals surface area contributed by atoms with Crippen LogP contribution in [0, 0.1) is 5.41 Å². The fourth-order valence-corrected chi connectivity index (χ4v) is 3.14. The largest absolute Gasteiger partial charge is 0.389 e. The number of aliphatic hydroxyl groups is 1. The van der Waals surface area contributed by atoms with Crippen molar-refractivity contribution in [1.82, 2.24) is 5.32 Å². The van der Waals surface area contributed by atoms with E-state index in [4.69, 9.17) is 23.2 Å². The van der Waals surface area contributed by atoms with Crippen LogP contribution < -0.4 is 5.32 Å². The Bertz CT molecular complexity index is 464. The highest BCUT2D eigenvalue weighted by Gasteiger charge is 2.36. The number of benzene rings is 1. The van der Waals surface area contributed by atoms with Crippen LogP contribution >= 0.6 is 23.2 Å². The molecule has 112 valence electrons. The van der Waals surface area contributed by atoms with Gasteiger partial charge in [0.2, 0.25) is 0 Å². The highest BCUT2D eigenvalue weighted by atomic mass is 35.5. The predicted octanol–water partition coefficient (Wildman–Crippen LogP) is 4.41. The Kier molecular flexibility index (Phi) is 5.01. The summed E-state index contributed by atoms with van der Waals surface area (Å²) in [5.74, 6) is 0. The molecule has 1 aromatic rings. The molecule has 1 aliphatic carbocycles. The Morgan fingerprint density at radius 1 is 1.15 bits per heavy atom. The van der Waals surface area contributed by atoms with Crippen LogP contribution in [0.1, 0.15) is 45.1 Å². The molecule has 0 spiro atoms. The molecule has 2 nitrogen and oxygen atoms in total. The van der Waals surface area contributed by atoms with Crippen LogP contribution in [0.5, 0.6) is 0 Å². The third-order valence-corrected chi connectivity index (χ3v) is 4.91. The van der Waals surface area contributed by atoms with Gasteiger partial charge in [0.1, 0.15) is 0 Å². The summed E-state index contributed by atoms with van der Waals surface area (Å²) in [6.45, 7) is 5.81. The second-order valence-electron chi connectivity index (χ2n) is 6.73. The zero-order chi connectivity index (χ0) is 14.8. The third kappa shape index (κ3) is 4.36. The monoisotopic (exact) mass is 315 g/mol. The summed E-state index contributed by atoms with van der Waals surface area (Å²) in [6.07, 6.45) is 3.88. The van der Waals surface area contributed by atoms with Crippen molar-refractivity contribution >= 4 is 23.2 Å². The van der Waals surface area contributed by atoms with Crippen LogP contribution in [0.4, 0.5) is 0 Å². The van der Waals surface area contributed by atoms with E-state index in [1.54, 1.807) is 6.07 Å². The maximum atomic E-state index is 10.6. The quantitative estimate of drug-likeness (QED) is 0.862. The molecule has 0 unspecified atom stereocenters. The first-order valence-electron chi connectivity index (χ1n) is 7.17. The zero-order valence-electron chi connectivity index (χ0n) is 12.2. The molecule has 0 bridgehead atoms. The highest BCUT2D eigenvalue weighted by Crippen LogP contribution is 2.39. The predicted molar refractivity (Wildman–Crippen MR) is 85.4 cm³/mol. The van der Waals surface area contributed by atoms with E-state index in [-0.39, 0.29) is 0 Å². The van der Waals surface area contributed by atoms with Gasteiger partial charge in [-0.2, -0.15) is 0 Å². The molecule has 0 aliphatic heterocycles. The van der Waals surface area contributed by atoms with E-state index in [1.807, 2.05) is 12.1 Å². The molecule has 0 atom stereocenters. The Morgan fingerprint density at radius 2 is 1.80 bits per heavy atom. The molecular formula is C16H23Cl2NO. The molecule has 2 N–H and O–H groups in total. The SMILES string of the molecule is CC1(C)CCC(O)(CNCc2ccc(Cl)cc2Cl)CC1. The van der Waals surface area contributed by atoms with Gasteiger partial charge in [-0.25, -0.2) is 0 Å². The number of halogens is 2.